The average Bonchev–Trinajstić information content (AvgIpc) is 2.46. The van der Waals surface area contributed by atoms with Crippen LogP contribution in [0.1, 0.15) is 39.7 Å². The molecule has 0 saturated heterocycles. The second-order valence-corrected chi connectivity index (χ2v) is 4.22. The van der Waals surface area contributed by atoms with Gasteiger partial charge in [0.1, 0.15) is 0 Å². The number of hydrogen-bond donors (Lipinski definition) is 2. The van der Waals surface area contributed by atoms with E-state index < -0.39 is 0 Å². The molecule has 80 valence electrons. The van der Waals surface area contributed by atoms with E-state index in [4.69, 9.17) is 12.2 Å². The van der Waals surface area contributed by atoms with Gasteiger partial charge in [-0.2, -0.15) is 0 Å². The van der Waals surface area contributed by atoms with Gasteiger partial charge in [0.2, 0.25) is 0 Å². The van der Waals surface area contributed by atoms with Crippen molar-refractivity contribution in [2.45, 2.75) is 39.7 Å². The van der Waals surface area contributed by atoms with Crippen LogP contribution in [0.4, 0.5) is 0 Å². The summed E-state index contributed by atoms with van der Waals surface area (Å²) in [6.07, 6.45) is 2.10. The molecule has 14 heavy (non-hydrogen) atoms. The van der Waals surface area contributed by atoms with Crippen LogP contribution in [0.5, 0.6) is 0 Å². The van der Waals surface area contributed by atoms with Crippen LogP contribution in [0.15, 0.2) is 4.79 Å². The molecule has 0 fully saturated rings. The Hall–Kier alpha value is -0.840. The molecule has 4 nitrogen and oxygen atoms in total. The van der Waals surface area contributed by atoms with E-state index in [1.165, 1.54) is 0 Å². The molecule has 1 rings (SSSR count). The zero-order valence-corrected chi connectivity index (χ0v) is 9.65. The highest BCUT2D eigenvalue weighted by atomic mass is 32.1. The van der Waals surface area contributed by atoms with Crippen molar-refractivity contribution in [3.05, 3.63) is 15.3 Å². The fraction of sp³-hybridized carbons (Fsp3) is 0.778. The smallest absolute Gasteiger partial charge is 0.272 e. The number of rotatable bonds is 4. The Morgan fingerprint density at radius 3 is 2.50 bits per heavy atom. The van der Waals surface area contributed by atoms with Gasteiger partial charge in [0.25, 0.3) is 0 Å². The van der Waals surface area contributed by atoms with E-state index in [1.807, 2.05) is 6.92 Å². The summed E-state index contributed by atoms with van der Waals surface area (Å²) in [4.78, 5) is 11.4. The lowest BCUT2D eigenvalue weighted by atomic mass is 10.0. The van der Waals surface area contributed by atoms with E-state index in [0.29, 0.717) is 10.7 Å². The van der Waals surface area contributed by atoms with E-state index in [9.17, 15) is 4.79 Å². The van der Waals surface area contributed by atoms with Gasteiger partial charge >= 0.3 is 5.69 Å². The van der Waals surface area contributed by atoms with Crippen LogP contribution < -0.4 is 5.69 Å². The van der Waals surface area contributed by atoms with Crippen molar-refractivity contribution in [2.24, 2.45) is 5.92 Å². The molecule has 0 aliphatic heterocycles. The summed E-state index contributed by atoms with van der Waals surface area (Å²) in [6.45, 7) is 6.35. The Labute approximate surface area is 88.3 Å². The van der Waals surface area contributed by atoms with Crippen molar-refractivity contribution in [1.82, 2.24) is 14.8 Å². The van der Waals surface area contributed by atoms with Crippen LogP contribution in [0.25, 0.3) is 0 Å². The van der Waals surface area contributed by atoms with Gasteiger partial charge in [0, 0.05) is 6.04 Å². The number of nitrogens with one attached hydrogen (secondary N) is 2. The first kappa shape index (κ1) is 11.2. The van der Waals surface area contributed by atoms with Crippen molar-refractivity contribution >= 4 is 12.2 Å². The predicted octanol–water partition coefficient (Wildman–Crippen LogP) is 2.23. The molecular formula is C9H17N3OS. The quantitative estimate of drug-likeness (QED) is 0.757. The summed E-state index contributed by atoms with van der Waals surface area (Å²) < 4.78 is 2.08. The third kappa shape index (κ3) is 2.35. The average molecular weight is 215 g/mol. The molecule has 5 heteroatoms. The molecule has 0 amide bonds. The Morgan fingerprint density at radius 1 is 1.43 bits per heavy atom. The van der Waals surface area contributed by atoms with E-state index in [2.05, 4.69) is 24.0 Å². The van der Waals surface area contributed by atoms with Crippen LogP contribution in [0, 0.1) is 10.7 Å². The molecule has 1 aromatic heterocycles. The molecule has 1 heterocycles. The minimum atomic E-state index is -0.147. The molecule has 0 radical (unpaired) electrons. The van der Waals surface area contributed by atoms with Crippen LogP contribution >= 0.6 is 12.2 Å². The van der Waals surface area contributed by atoms with Gasteiger partial charge in [-0.1, -0.05) is 20.3 Å². The second kappa shape index (κ2) is 4.59. The van der Waals surface area contributed by atoms with Gasteiger partial charge in [0.15, 0.2) is 4.77 Å². The third-order valence-electron chi connectivity index (χ3n) is 2.60. The number of aromatic nitrogens is 3. The first-order chi connectivity index (χ1) is 6.56. The molecule has 0 aromatic carbocycles. The van der Waals surface area contributed by atoms with Gasteiger partial charge in [-0.25, -0.2) is 9.89 Å². The number of nitrogens with zero attached hydrogens (tertiary/aromatic N) is 1. The number of hydrogen-bond acceptors (Lipinski definition) is 2. The second-order valence-electron chi connectivity index (χ2n) is 3.83. The van der Waals surface area contributed by atoms with E-state index in [-0.39, 0.29) is 11.7 Å². The zero-order chi connectivity index (χ0) is 10.7. The number of aromatic amines is 2. The standard InChI is InChI=1S/C9H17N3OS/c1-4-6(2)5-7(3)12-8(13)10-11-9(12)14/h6-7H,4-5H2,1-3H3,(H,10,13)(H,11,14). The Morgan fingerprint density at radius 2 is 2.07 bits per heavy atom. The Bertz CT molecular complexity index is 362. The van der Waals surface area contributed by atoms with Crippen molar-refractivity contribution in [2.75, 3.05) is 0 Å². The lowest BCUT2D eigenvalue weighted by molar-refractivity contribution is 0.389. The highest BCUT2D eigenvalue weighted by Gasteiger charge is 2.12. The number of H-pyrrole nitrogens is 2. The minimum Gasteiger partial charge on any atom is -0.272 e. The van der Waals surface area contributed by atoms with Crippen LogP contribution in [0.3, 0.4) is 0 Å². The first-order valence-corrected chi connectivity index (χ1v) is 5.36. The summed E-state index contributed by atoms with van der Waals surface area (Å²) in [7, 11) is 0. The lowest BCUT2D eigenvalue weighted by Crippen LogP contribution is -2.22. The van der Waals surface area contributed by atoms with Gasteiger partial charge < -0.3 is 0 Å². The summed E-state index contributed by atoms with van der Waals surface area (Å²) in [5.41, 5.74) is -0.147. The molecule has 0 bridgehead atoms. The molecule has 0 aliphatic rings. The fourth-order valence-electron chi connectivity index (χ4n) is 1.57. The van der Waals surface area contributed by atoms with Crippen LogP contribution in [-0.4, -0.2) is 14.8 Å². The third-order valence-corrected chi connectivity index (χ3v) is 2.89. The van der Waals surface area contributed by atoms with Crippen LogP contribution in [0.2, 0.25) is 0 Å². The zero-order valence-electron chi connectivity index (χ0n) is 8.83. The van der Waals surface area contributed by atoms with Crippen molar-refractivity contribution < 1.29 is 0 Å². The molecular weight excluding hydrogens is 198 g/mol. The maximum Gasteiger partial charge on any atom is 0.342 e. The summed E-state index contributed by atoms with van der Waals surface area (Å²) in [5.74, 6) is 0.612. The molecule has 2 atom stereocenters. The summed E-state index contributed by atoms with van der Waals surface area (Å²) in [5, 5.41) is 5.14. The Balaban J connectivity index is 2.84. The van der Waals surface area contributed by atoms with E-state index in [0.717, 1.165) is 12.8 Å². The highest BCUT2D eigenvalue weighted by Crippen LogP contribution is 2.17. The predicted molar refractivity (Wildman–Crippen MR) is 59.0 cm³/mol. The summed E-state index contributed by atoms with van der Waals surface area (Å²) >= 11 is 5.01. The molecule has 0 saturated carbocycles. The normalized spacial score (nSPS) is 15.4. The maximum atomic E-state index is 11.4. The van der Waals surface area contributed by atoms with E-state index in [1.54, 1.807) is 4.57 Å². The highest BCUT2D eigenvalue weighted by molar-refractivity contribution is 7.71. The van der Waals surface area contributed by atoms with E-state index >= 15 is 0 Å². The Kier molecular flexibility index (Phi) is 3.69. The maximum absolute atomic E-state index is 11.4. The van der Waals surface area contributed by atoms with Gasteiger partial charge in [0.05, 0.1) is 0 Å². The largest absolute Gasteiger partial charge is 0.342 e. The van der Waals surface area contributed by atoms with Crippen molar-refractivity contribution in [3.63, 3.8) is 0 Å². The molecule has 2 N–H and O–H groups in total. The topological polar surface area (TPSA) is 53.6 Å². The fourth-order valence-corrected chi connectivity index (χ4v) is 1.89. The molecule has 2 unspecified atom stereocenters. The lowest BCUT2D eigenvalue weighted by Gasteiger charge is -2.15. The van der Waals surface area contributed by atoms with Crippen LogP contribution in [-0.2, 0) is 0 Å². The molecule has 0 aliphatic carbocycles. The van der Waals surface area contributed by atoms with Gasteiger partial charge in [-0.05, 0) is 31.5 Å². The SMILES string of the molecule is CCC(C)CC(C)n1c(=O)[nH][nH]c1=S. The summed E-state index contributed by atoms with van der Waals surface area (Å²) in [6, 6.07) is 0.160. The van der Waals surface area contributed by atoms with Gasteiger partial charge in [-0.15, -0.1) is 0 Å². The molecule has 1 aromatic rings. The monoisotopic (exact) mass is 215 g/mol. The first-order valence-electron chi connectivity index (χ1n) is 4.95. The van der Waals surface area contributed by atoms with Crippen molar-refractivity contribution in [1.29, 1.82) is 0 Å². The van der Waals surface area contributed by atoms with Gasteiger partial charge in [-0.3, -0.25) is 9.67 Å². The minimum absolute atomic E-state index is 0.147. The molecule has 0 spiro atoms. The van der Waals surface area contributed by atoms with Crippen molar-refractivity contribution in [3.8, 4) is 0 Å².